The molecule has 0 radical (unpaired) electrons. The van der Waals surface area contributed by atoms with Gasteiger partial charge in [-0.15, -0.1) is 0 Å². The van der Waals surface area contributed by atoms with Crippen molar-refractivity contribution in [2.75, 3.05) is 19.7 Å². The molecule has 1 amide bonds. The number of ether oxygens (including phenoxy) is 1. The highest BCUT2D eigenvalue weighted by Crippen LogP contribution is 2.30. The van der Waals surface area contributed by atoms with Crippen LogP contribution < -0.4 is 0 Å². The van der Waals surface area contributed by atoms with Gasteiger partial charge in [0.1, 0.15) is 11.9 Å². The molecule has 0 N–H and O–H groups in total. The van der Waals surface area contributed by atoms with E-state index in [-0.39, 0.29) is 17.9 Å². The summed E-state index contributed by atoms with van der Waals surface area (Å²) in [4.78, 5) is 28.1. The molecule has 2 aromatic rings. The Balaban J connectivity index is 1.61. The number of pyridine rings is 1. The first kappa shape index (κ1) is 15.4. The summed E-state index contributed by atoms with van der Waals surface area (Å²) in [6.45, 7) is 4.12. The lowest BCUT2D eigenvalue weighted by Gasteiger charge is -2.34. The molecule has 24 heavy (non-hydrogen) atoms. The van der Waals surface area contributed by atoms with Crippen LogP contribution in [0.5, 0.6) is 0 Å². The lowest BCUT2D eigenvalue weighted by Crippen LogP contribution is -2.44. The second kappa shape index (κ2) is 6.43. The van der Waals surface area contributed by atoms with Gasteiger partial charge in [0, 0.05) is 37.2 Å². The largest absolute Gasteiger partial charge is 0.368 e. The third-order valence-corrected chi connectivity index (χ3v) is 4.94. The normalized spacial score (nSPS) is 24.5. The van der Waals surface area contributed by atoms with Gasteiger partial charge in [-0.25, -0.2) is 15.0 Å². The summed E-state index contributed by atoms with van der Waals surface area (Å²) >= 11 is 0. The number of rotatable bonds is 2. The second-order valence-corrected chi connectivity index (χ2v) is 6.66. The van der Waals surface area contributed by atoms with Gasteiger partial charge in [-0.3, -0.25) is 4.79 Å². The Morgan fingerprint density at radius 1 is 1.29 bits per heavy atom. The fraction of sp³-hybridized carbons (Fsp3) is 0.556. The van der Waals surface area contributed by atoms with E-state index in [1.165, 1.54) is 0 Å². The van der Waals surface area contributed by atoms with Crippen LogP contribution in [-0.2, 0) is 9.53 Å². The Labute approximate surface area is 141 Å². The molecule has 0 saturated carbocycles. The Kier molecular flexibility index (Phi) is 4.14. The third kappa shape index (κ3) is 2.86. The van der Waals surface area contributed by atoms with E-state index in [4.69, 9.17) is 9.72 Å². The molecule has 2 atom stereocenters. The Bertz CT molecular complexity index is 758. The maximum absolute atomic E-state index is 12.7. The first-order valence-corrected chi connectivity index (χ1v) is 8.72. The lowest BCUT2D eigenvalue weighted by atomic mass is 9.92. The molecule has 0 bridgehead atoms. The van der Waals surface area contributed by atoms with Crippen LogP contribution in [0.25, 0.3) is 11.0 Å². The van der Waals surface area contributed by atoms with Crippen LogP contribution in [0.4, 0.5) is 0 Å². The number of piperidine rings is 1. The van der Waals surface area contributed by atoms with Crippen molar-refractivity contribution in [3.05, 3.63) is 29.8 Å². The van der Waals surface area contributed by atoms with Gasteiger partial charge in [0.05, 0.1) is 5.69 Å². The highest BCUT2D eigenvalue weighted by molar-refractivity contribution is 5.82. The lowest BCUT2D eigenvalue weighted by molar-refractivity contribution is -0.142. The van der Waals surface area contributed by atoms with Gasteiger partial charge in [-0.1, -0.05) is 0 Å². The summed E-state index contributed by atoms with van der Waals surface area (Å²) in [6, 6.07) is 3.95. The molecule has 2 aromatic heterocycles. The first-order chi connectivity index (χ1) is 11.7. The van der Waals surface area contributed by atoms with Gasteiger partial charge in [0.2, 0.25) is 0 Å². The predicted octanol–water partition coefficient (Wildman–Crippen LogP) is 2.22. The fourth-order valence-corrected chi connectivity index (χ4v) is 3.79. The van der Waals surface area contributed by atoms with E-state index in [0.29, 0.717) is 13.2 Å². The van der Waals surface area contributed by atoms with Gasteiger partial charge >= 0.3 is 0 Å². The summed E-state index contributed by atoms with van der Waals surface area (Å²) in [6.07, 6.45) is 5.37. The summed E-state index contributed by atoms with van der Waals surface area (Å²) in [7, 11) is 0. The molecule has 4 heterocycles. The number of fused-ring (bicyclic) bond motifs is 1. The van der Waals surface area contributed by atoms with Crippen molar-refractivity contribution in [2.24, 2.45) is 0 Å². The summed E-state index contributed by atoms with van der Waals surface area (Å²) in [5, 5.41) is 1.000. The summed E-state index contributed by atoms with van der Waals surface area (Å²) < 4.78 is 5.57. The van der Waals surface area contributed by atoms with E-state index in [0.717, 1.165) is 54.8 Å². The molecule has 0 spiro atoms. The second-order valence-electron chi connectivity index (χ2n) is 6.66. The molecule has 2 aliphatic rings. The van der Waals surface area contributed by atoms with Gasteiger partial charge in [0.15, 0.2) is 5.65 Å². The number of hydrogen-bond acceptors (Lipinski definition) is 5. The van der Waals surface area contributed by atoms with Crippen molar-refractivity contribution in [3.8, 4) is 0 Å². The highest BCUT2D eigenvalue weighted by Gasteiger charge is 2.32. The maximum Gasteiger partial charge on any atom is 0.251 e. The smallest absolute Gasteiger partial charge is 0.251 e. The number of likely N-dealkylation sites (tertiary alicyclic amines) is 1. The van der Waals surface area contributed by atoms with E-state index in [1.54, 1.807) is 6.20 Å². The minimum absolute atomic E-state index is 0.144. The molecule has 4 rings (SSSR count). The molecule has 126 valence electrons. The Morgan fingerprint density at radius 2 is 2.21 bits per heavy atom. The van der Waals surface area contributed by atoms with Gasteiger partial charge < -0.3 is 9.64 Å². The SMILES string of the molecule is Cc1nc([C@@H]2CCCN(C(=O)[C@@H]3CCCO3)C2)c2cccnc2n1. The van der Waals surface area contributed by atoms with Crippen molar-refractivity contribution in [3.63, 3.8) is 0 Å². The molecular weight excluding hydrogens is 304 g/mol. The molecule has 0 unspecified atom stereocenters. The highest BCUT2D eigenvalue weighted by atomic mass is 16.5. The van der Waals surface area contributed by atoms with E-state index >= 15 is 0 Å². The standard InChI is InChI=1S/C18H22N4O2/c1-12-20-16(14-6-2-8-19-17(14)21-12)13-5-3-9-22(11-13)18(23)15-7-4-10-24-15/h2,6,8,13,15H,3-5,7,9-11H2,1H3/t13-,15+/m1/s1. The molecule has 0 aliphatic carbocycles. The van der Waals surface area contributed by atoms with Crippen LogP contribution in [0.1, 0.15) is 43.1 Å². The number of aromatic nitrogens is 3. The van der Waals surface area contributed by atoms with Crippen LogP contribution in [0.3, 0.4) is 0 Å². The van der Waals surface area contributed by atoms with Crippen molar-refractivity contribution in [1.82, 2.24) is 19.9 Å². The molecular formula is C18H22N4O2. The molecule has 0 aromatic carbocycles. The van der Waals surface area contributed by atoms with Crippen LogP contribution in [0.2, 0.25) is 0 Å². The Morgan fingerprint density at radius 3 is 3.04 bits per heavy atom. The predicted molar refractivity (Wildman–Crippen MR) is 89.6 cm³/mol. The number of carbonyl (C=O) groups excluding carboxylic acids is 1. The Hall–Kier alpha value is -2.08. The van der Waals surface area contributed by atoms with Crippen molar-refractivity contribution >= 4 is 16.9 Å². The molecule has 2 fully saturated rings. The van der Waals surface area contributed by atoms with Gasteiger partial charge in [-0.05, 0) is 44.7 Å². The van der Waals surface area contributed by atoms with Gasteiger partial charge in [-0.2, -0.15) is 0 Å². The molecule has 2 saturated heterocycles. The van der Waals surface area contributed by atoms with Crippen LogP contribution in [0, 0.1) is 6.92 Å². The van der Waals surface area contributed by atoms with Crippen molar-refractivity contribution in [1.29, 1.82) is 0 Å². The van der Waals surface area contributed by atoms with Crippen LogP contribution in [0.15, 0.2) is 18.3 Å². The van der Waals surface area contributed by atoms with Crippen molar-refractivity contribution < 1.29 is 9.53 Å². The zero-order valence-electron chi connectivity index (χ0n) is 13.9. The minimum atomic E-state index is -0.241. The molecule has 6 nitrogen and oxygen atoms in total. The first-order valence-electron chi connectivity index (χ1n) is 8.72. The zero-order valence-corrected chi connectivity index (χ0v) is 13.9. The van der Waals surface area contributed by atoms with Gasteiger partial charge in [0.25, 0.3) is 5.91 Å². The quantitative estimate of drug-likeness (QED) is 0.846. The van der Waals surface area contributed by atoms with Crippen molar-refractivity contribution in [2.45, 2.75) is 44.6 Å². The van der Waals surface area contributed by atoms with E-state index in [9.17, 15) is 4.79 Å². The van der Waals surface area contributed by atoms with E-state index in [2.05, 4.69) is 9.97 Å². The summed E-state index contributed by atoms with van der Waals surface area (Å²) in [5.41, 5.74) is 1.76. The average Bonchev–Trinajstić information content (AvgIpc) is 3.15. The maximum atomic E-state index is 12.7. The minimum Gasteiger partial charge on any atom is -0.368 e. The van der Waals surface area contributed by atoms with Crippen LogP contribution >= 0.6 is 0 Å². The van der Waals surface area contributed by atoms with E-state index in [1.807, 2.05) is 24.0 Å². The fourth-order valence-electron chi connectivity index (χ4n) is 3.79. The molecule has 2 aliphatic heterocycles. The van der Waals surface area contributed by atoms with Crippen LogP contribution in [-0.4, -0.2) is 51.6 Å². The number of carbonyl (C=O) groups is 1. The topological polar surface area (TPSA) is 68.2 Å². The number of aryl methyl sites for hydroxylation is 1. The number of hydrogen-bond donors (Lipinski definition) is 0. The molecule has 6 heteroatoms. The van der Waals surface area contributed by atoms with E-state index < -0.39 is 0 Å². The average molecular weight is 326 g/mol. The monoisotopic (exact) mass is 326 g/mol. The number of amides is 1. The zero-order chi connectivity index (χ0) is 16.5. The number of nitrogens with zero attached hydrogens (tertiary/aromatic N) is 4. The summed E-state index contributed by atoms with van der Waals surface area (Å²) in [5.74, 6) is 1.11. The third-order valence-electron chi connectivity index (χ3n) is 4.94.